The molecule has 5 heteroatoms. The number of nitrogens with one attached hydrogen (secondary N) is 1. The number of hydrogen-bond acceptors (Lipinski definition) is 3. The van der Waals surface area contributed by atoms with Gasteiger partial charge < -0.3 is 19.4 Å². The molecule has 0 aromatic carbocycles. The summed E-state index contributed by atoms with van der Waals surface area (Å²) >= 11 is 5.16. The Hall–Kier alpha value is -0.650. The van der Waals surface area contributed by atoms with Crippen molar-refractivity contribution < 1.29 is 9.84 Å². The number of imidazole rings is 1. The fourth-order valence-corrected chi connectivity index (χ4v) is 2.19. The molecular weight excluding hydrogens is 200 g/mol. The van der Waals surface area contributed by atoms with E-state index in [0.29, 0.717) is 11.4 Å². The first-order chi connectivity index (χ1) is 6.83. The second kappa shape index (κ2) is 4.25. The Bertz CT molecular complexity index is 352. The van der Waals surface area contributed by atoms with Gasteiger partial charge in [-0.15, -0.1) is 0 Å². The smallest absolute Gasteiger partial charge is 0.177 e. The number of rotatable bonds is 2. The highest BCUT2D eigenvalue weighted by molar-refractivity contribution is 7.71. The minimum absolute atomic E-state index is 0.0175. The Morgan fingerprint density at radius 1 is 1.71 bits per heavy atom. The first kappa shape index (κ1) is 9.89. The van der Waals surface area contributed by atoms with Gasteiger partial charge in [0, 0.05) is 12.8 Å². The molecule has 0 spiro atoms. The molecule has 1 unspecified atom stereocenters. The fourth-order valence-electron chi connectivity index (χ4n) is 1.86. The molecule has 1 atom stereocenters. The summed E-state index contributed by atoms with van der Waals surface area (Å²) in [5.41, 5.74) is 0.838. The molecule has 1 fully saturated rings. The average molecular weight is 214 g/mol. The van der Waals surface area contributed by atoms with E-state index in [-0.39, 0.29) is 12.6 Å². The molecule has 0 bridgehead atoms. The van der Waals surface area contributed by atoms with Crippen molar-refractivity contribution in [3.05, 3.63) is 16.7 Å². The largest absolute Gasteiger partial charge is 0.390 e. The quantitative estimate of drug-likeness (QED) is 0.731. The Labute approximate surface area is 87.5 Å². The van der Waals surface area contributed by atoms with Crippen molar-refractivity contribution in [1.82, 2.24) is 9.55 Å². The van der Waals surface area contributed by atoms with Crippen molar-refractivity contribution in [3.63, 3.8) is 0 Å². The summed E-state index contributed by atoms with van der Waals surface area (Å²) in [5.74, 6) is 0. The van der Waals surface area contributed by atoms with Crippen molar-refractivity contribution in [2.24, 2.45) is 0 Å². The molecule has 1 aliphatic rings. The number of nitrogens with zero attached hydrogens (tertiary/aromatic N) is 1. The van der Waals surface area contributed by atoms with Gasteiger partial charge in [0.05, 0.1) is 24.9 Å². The Balaban J connectivity index is 2.28. The molecular formula is C9H14N2O2S. The third-order valence-electron chi connectivity index (χ3n) is 2.55. The molecule has 2 N–H and O–H groups in total. The lowest BCUT2D eigenvalue weighted by molar-refractivity contribution is 0.0565. The third kappa shape index (κ3) is 1.75. The third-order valence-corrected chi connectivity index (χ3v) is 2.87. The Morgan fingerprint density at radius 3 is 3.21 bits per heavy atom. The summed E-state index contributed by atoms with van der Waals surface area (Å²) in [7, 11) is 0. The zero-order valence-corrected chi connectivity index (χ0v) is 8.72. The average Bonchev–Trinajstić information content (AvgIpc) is 2.61. The van der Waals surface area contributed by atoms with Gasteiger partial charge in [-0.05, 0) is 25.1 Å². The molecule has 78 valence electrons. The van der Waals surface area contributed by atoms with E-state index in [1.807, 2.05) is 4.57 Å². The van der Waals surface area contributed by atoms with E-state index in [1.54, 1.807) is 6.20 Å². The first-order valence-electron chi connectivity index (χ1n) is 4.80. The summed E-state index contributed by atoms with van der Waals surface area (Å²) in [6.07, 6.45) is 3.89. The lowest BCUT2D eigenvalue weighted by Crippen LogP contribution is -2.22. The lowest BCUT2D eigenvalue weighted by atomic mass is 10.1. The number of aliphatic hydroxyl groups is 1. The predicted octanol–water partition coefficient (Wildman–Crippen LogP) is 1.39. The van der Waals surface area contributed by atoms with Crippen LogP contribution in [0.15, 0.2) is 6.20 Å². The fraction of sp³-hybridized carbons (Fsp3) is 0.667. The van der Waals surface area contributed by atoms with Crippen LogP contribution in [0.2, 0.25) is 0 Å². The van der Waals surface area contributed by atoms with E-state index < -0.39 is 0 Å². The van der Waals surface area contributed by atoms with Crippen LogP contribution in [0.25, 0.3) is 0 Å². The maximum absolute atomic E-state index is 9.13. The summed E-state index contributed by atoms with van der Waals surface area (Å²) < 4.78 is 8.04. The van der Waals surface area contributed by atoms with Crippen LogP contribution in [-0.4, -0.2) is 27.9 Å². The van der Waals surface area contributed by atoms with Crippen LogP contribution in [0.5, 0.6) is 0 Å². The first-order valence-corrected chi connectivity index (χ1v) is 5.21. The number of aromatic amines is 1. The second-order valence-electron chi connectivity index (χ2n) is 3.48. The standard InChI is InChI=1S/C9H14N2O2S/c12-5-8-4-10-9(14)11(8)7-2-1-3-13-6-7/h4,7,12H,1-3,5-6H2,(H,10,14). The van der Waals surface area contributed by atoms with Crippen molar-refractivity contribution >= 4 is 12.2 Å². The zero-order valence-electron chi connectivity index (χ0n) is 7.90. The number of ether oxygens (including phenoxy) is 1. The SMILES string of the molecule is OCc1c[nH]c(=S)n1C1CCCOC1. The van der Waals surface area contributed by atoms with Gasteiger partial charge in [0.2, 0.25) is 0 Å². The summed E-state index contributed by atoms with van der Waals surface area (Å²) in [5, 5.41) is 9.13. The molecule has 14 heavy (non-hydrogen) atoms. The van der Waals surface area contributed by atoms with Crippen molar-refractivity contribution in [2.75, 3.05) is 13.2 Å². The van der Waals surface area contributed by atoms with Crippen LogP contribution in [0, 0.1) is 4.77 Å². The van der Waals surface area contributed by atoms with Crippen LogP contribution < -0.4 is 0 Å². The molecule has 2 heterocycles. The number of aromatic nitrogens is 2. The molecule has 0 radical (unpaired) electrons. The summed E-state index contributed by atoms with van der Waals surface area (Å²) in [4.78, 5) is 2.95. The van der Waals surface area contributed by atoms with Gasteiger partial charge in [-0.1, -0.05) is 0 Å². The van der Waals surface area contributed by atoms with Crippen molar-refractivity contribution in [3.8, 4) is 0 Å². The monoisotopic (exact) mass is 214 g/mol. The van der Waals surface area contributed by atoms with E-state index in [9.17, 15) is 0 Å². The minimum Gasteiger partial charge on any atom is -0.390 e. The van der Waals surface area contributed by atoms with Gasteiger partial charge in [-0.3, -0.25) is 0 Å². The number of aliphatic hydroxyl groups excluding tert-OH is 1. The highest BCUT2D eigenvalue weighted by Crippen LogP contribution is 2.21. The highest BCUT2D eigenvalue weighted by atomic mass is 32.1. The van der Waals surface area contributed by atoms with Gasteiger partial charge in [-0.25, -0.2) is 0 Å². The number of hydrogen-bond donors (Lipinski definition) is 2. The van der Waals surface area contributed by atoms with E-state index in [0.717, 1.165) is 25.1 Å². The molecule has 2 rings (SSSR count). The van der Waals surface area contributed by atoms with Crippen LogP contribution in [0.1, 0.15) is 24.6 Å². The maximum Gasteiger partial charge on any atom is 0.177 e. The molecule has 1 aromatic rings. The van der Waals surface area contributed by atoms with Gasteiger partial charge in [0.15, 0.2) is 4.77 Å². The number of H-pyrrole nitrogens is 1. The van der Waals surface area contributed by atoms with Gasteiger partial charge >= 0.3 is 0 Å². The van der Waals surface area contributed by atoms with Crippen LogP contribution in [0.3, 0.4) is 0 Å². The molecule has 1 aromatic heterocycles. The van der Waals surface area contributed by atoms with E-state index >= 15 is 0 Å². The Morgan fingerprint density at radius 2 is 2.57 bits per heavy atom. The zero-order chi connectivity index (χ0) is 9.97. The molecule has 1 saturated heterocycles. The lowest BCUT2D eigenvalue weighted by Gasteiger charge is -2.24. The molecule has 0 saturated carbocycles. The molecule has 4 nitrogen and oxygen atoms in total. The molecule has 1 aliphatic heterocycles. The normalized spacial score (nSPS) is 22.5. The van der Waals surface area contributed by atoms with E-state index in [2.05, 4.69) is 4.98 Å². The van der Waals surface area contributed by atoms with Gasteiger partial charge in [0.25, 0.3) is 0 Å². The van der Waals surface area contributed by atoms with E-state index in [1.165, 1.54) is 0 Å². The van der Waals surface area contributed by atoms with Crippen molar-refractivity contribution in [2.45, 2.75) is 25.5 Å². The second-order valence-corrected chi connectivity index (χ2v) is 3.87. The Kier molecular flexibility index (Phi) is 3.00. The van der Waals surface area contributed by atoms with Gasteiger partial charge in [-0.2, -0.15) is 0 Å². The summed E-state index contributed by atoms with van der Waals surface area (Å²) in [6, 6.07) is 0.282. The summed E-state index contributed by atoms with van der Waals surface area (Å²) in [6.45, 7) is 1.55. The van der Waals surface area contributed by atoms with Gasteiger partial charge in [0.1, 0.15) is 0 Å². The highest BCUT2D eigenvalue weighted by Gasteiger charge is 2.18. The van der Waals surface area contributed by atoms with Crippen LogP contribution in [-0.2, 0) is 11.3 Å². The molecule has 0 aliphatic carbocycles. The maximum atomic E-state index is 9.13. The van der Waals surface area contributed by atoms with E-state index in [4.69, 9.17) is 22.1 Å². The topological polar surface area (TPSA) is 50.2 Å². The van der Waals surface area contributed by atoms with Crippen molar-refractivity contribution in [1.29, 1.82) is 0 Å². The minimum atomic E-state index is 0.0175. The van der Waals surface area contributed by atoms with Crippen LogP contribution >= 0.6 is 12.2 Å². The predicted molar refractivity (Wildman–Crippen MR) is 54.6 cm³/mol. The van der Waals surface area contributed by atoms with Crippen LogP contribution in [0.4, 0.5) is 0 Å². The molecule has 0 amide bonds.